The Kier molecular flexibility index (Phi) is 4.83. The molecule has 0 aliphatic heterocycles. The van der Waals surface area contributed by atoms with Gasteiger partial charge in [-0.25, -0.2) is 4.79 Å². The number of carboxylic acid groups (broad SMARTS) is 1. The van der Waals surface area contributed by atoms with Gasteiger partial charge in [-0.15, -0.1) is 23.4 Å². The fourth-order valence-electron chi connectivity index (χ4n) is 1.23. The SMILES string of the molecule is CSc1cc(C(=O)O)cc(C(=O)CCCl)c1. The monoisotopic (exact) mass is 258 g/mol. The maximum absolute atomic E-state index is 11.6. The van der Waals surface area contributed by atoms with E-state index in [0.717, 1.165) is 4.90 Å². The van der Waals surface area contributed by atoms with E-state index in [2.05, 4.69) is 0 Å². The molecule has 86 valence electrons. The van der Waals surface area contributed by atoms with E-state index in [1.54, 1.807) is 12.1 Å². The first-order valence-electron chi connectivity index (χ1n) is 4.60. The van der Waals surface area contributed by atoms with Crippen LogP contribution in [0.1, 0.15) is 27.1 Å². The summed E-state index contributed by atoms with van der Waals surface area (Å²) in [6, 6.07) is 4.62. The zero-order chi connectivity index (χ0) is 12.1. The zero-order valence-electron chi connectivity index (χ0n) is 8.70. The maximum atomic E-state index is 11.6. The van der Waals surface area contributed by atoms with Crippen LogP contribution in [0.2, 0.25) is 0 Å². The molecule has 0 fully saturated rings. The zero-order valence-corrected chi connectivity index (χ0v) is 10.3. The number of carbonyl (C=O) groups is 2. The Balaban J connectivity index is 3.13. The van der Waals surface area contributed by atoms with Crippen molar-refractivity contribution >= 4 is 35.1 Å². The first-order chi connectivity index (χ1) is 7.58. The predicted molar refractivity (Wildman–Crippen MR) is 64.8 cm³/mol. The van der Waals surface area contributed by atoms with Crippen LogP contribution in [-0.4, -0.2) is 29.0 Å². The van der Waals surface area contributed by atoms with E-state index in [-0.39, 0.29) is 23.6 Å². The summed E-state index contributed by atoms with van der Waals surface area (Å²) < 4.78 is 0. The van der Waals surface area contributed by atoms with Crippen molar-refractivity contribution in [3.05, 3.63) is 29.3 Å². The minimum absolute atomic E-state index is 0.129. The second-order valence-electron chi connectivity index (χ2n) is 3.12. The molecule has 0 radical (unpaired) electrons. The van der Waals surface area contributed by atoms with Gasteiger partial charge in [-0.3, -0.25) is 4.79 Å². The number of hydrogen-bond acceptors (Lipinski definition) is 3. The molecule has 1 N–H and O–H groups in total. The number of carboxylic acids is 1. The van der Waals surface area contributed by atoms with Crippen LogP contribution in [0.15, 0.2) is 23.1 Å². The van der Waals surface area contributed by atoms with Crippen LogP contribution in [0, 0.1) is 0 Å². The smallest absolute Gasteiger partial charge is 0.335 e. The Morgan fingerprint density at radius 1 is 1.31 bits per heavy atom. The predicted octanol–water partition coefficient (Wildman–Crippen LogP) is 2.92. The van der Waals surface area contributed by atoms with E-state index < -0.39 is 5.97 Å². The molecule has 1 aromatic rings. The molecular formula is C11H11ClO3S. The first kappa shape index (κ1) is 13.1. The summed E-state index contributed by atoms with van der Waals surface area (Å²) in [4.78, 5) is 23.2. The van der Waals surface area contributed by atoms with Gasteiger partial charge in [0.1, 0.15) is 0 Å². The molecule has 0 saturated heterocycles. The van der Waals surface area contributed by atoms with Crippen LogP contribution < -0.4 is 0 Å². The van der Waals surface area contributed by atoms with Crippen molar-refractivity contribution in [1.29, 1.82) is 0 Å². The summed E-state index contributed by atoms with van der Waals surface area (Å²) in [5.74, 6) is -0.922. The summed E-state index contributed by atoms with van der Waals surface area (Å²) >= 11 is 6.88. The van der Waals surface area contributed by atoms with Crippen molar-refractivity contribution in [2.45, 2.75) is 11.3 Å². The topological polar surface area (TPSA) is 54.4 Å². The molecule has 0 spiro atoms. The molecule has 0 aromatic heterocycles. The van der Waals surface area contributed by atoms with Crippen molar-refractivity contribution in [2.75, 3.05) is 12.1 Å². The number of aromatic carboxylic acids is 1. The van der Waals surface area contributed by atoms with E-state index >= 15 is 0 Å². The normalized spacial score (nSPS) is 10.1. The average molecular weight is 259 g/mol. The highest BCUT2D eigenvalue weighted by Gasteiger charge is 2.11. The molecule has 0 aliphatic rings. The number of ketones is 1. The van der Waals surface area contributed by atoms with Gasteiger partial charge < -0.3 is 5.11 Å². The number of hydrogen-bond donors (Lipinski definition) is 1. The molecule has 0 atom stereocenters. The molecule has 0 aliphatic carbocycles. The lowest BCUT2D eigenvalue weighted by Crippen LogP contribution is -2.04. The van der Waals surface area contributed by atoms with Gasteiger partial charge in [0.15, 0.2) is 5.78 Å². The molecule has 1 rings (SSSR count). The molecular weight excluding hydrogens is 248 g/mol. The molecule has 0 bridgehead atoms. The number of benzene rings is 1. The third kappa shape index (κ3) is 3.25. The van der Waals surface area contributed by atoms with Gasteiger partial charge in [-0.1, -0.05) is 0 Å². The van der Waals surface area contributed by atoms with Gasteiger partial charge in [0.25, 0.3) is 0 Å². The van der Waals surface area contributed by atoms with Crippen molar-refractivity contribution in [3.63, 3.8) is 0 Å². The molecule has 0 unspecified atom stereocenters. The molecule has 5 heteroatoms. The van der Waals surface area contributed by atoms with Gasteiger partial charge in [-0.05, 0) is 24.5 Å². The highest BCUT2D eigenvalue weighted by atomic mass is 35.5. The van der Waals surface area contributed by atoms with Crippen LogP contribution in [0.4, 0.5) is 0 Å². The van der Waals surface area contributed by atoms with Crippen molar-refractivity contribution in [2.24, 2.45) is 0 Å². The van der Waals surface area contributed by atoms with Gasteiger partial charge in [0.2, 0.25) is 0 Å². The Hall–Kier alpha value is -1.00. The van der Waals surface area contributed by atoms with E-state index in [9.17, 15) is 9.59 Å². The Labute approximate surface area is 103 Å². The molecule has 3 nitrogen and oxygen atoms in total. The standard InChI is InChI=1S/C11H11ClO3S/c1-16-9-5-7(10(13)2-3-12)4-8(6-9)11(14)15/h4-6H,2-3H2,1H3,(H,14,15). The fourth-order valence-corrected chi connectivity index (χ4v) is 1.89. The lowest BCUT2D eigenvalue weighted by molar-refractivity contribution is 0.0696. The van der Waals surface area contributed by atoms with Crippen molar-refractivity contribution < 1.29 is 14.7 Å². The molecule has 1 aromatic carbocycles. The van der Waals surface area contributed by atoms with Crippen molar-refractivity contribution in [3.8, 4) is 0 Å². The summed E-state index contributed by atoms with van der Waals surface area (Å²) in [6.45, 7) is 0. The first-order valence-corrected chi connectivity index (χ1v) is 6.36. The lowest BCUT2D eigenvalue weighted by Gasteiger charge is -2.04. The number of alkyl halides is 1. The molecule has 0 heterocycles. The Bertz CT molecular complexity index is 418. The summed E-state index contributed by atoms with van der Waals surface area (Å²) in [5.41, 5.74) is 0.537. The van der Waals surface area contributed by atoms with Crippen LogP contribution in [0.25, 0.3) is 0 Å². The van der Waals surface area contributed by atoms with Gasteiger partial charge in [-0.2, -0.15) is 0 Å². The Morgan fingerprint density at radius 2 is 1.94 bits per heavy atom. The van der Waals surface area contributed by atoms with Gasteiger partial charge >= 0.3 is 5.97 Å². The third-order valence-corrected chi connectivity index (χ3v) is 2.93. The largest absolute Gasteiger partial charge is 0.478 e. The molecule has 16 heavy (non-hydrogen) atoms. The average Bonchev–Trinajstić information content (AvgIpc) is 2.28. The highest BCUT2D eigenvalue weighted by molar-refractivity contribution is 7.98. The van der Waals surface area contributed by atoms with Crippen LogP contribution in [-0.2, 0) is 0 Å². The van der Waals surface area contributed by atoms with E-state index in [1.807, 2.05) is 6.26 Å². The number of rotatable bonds is 5. The maximum Gasteiger partial charge on any atom is 0.335 e. The second-order valence-corrected chi connectivity index (χ2v) is 4.38. The van der Waals surface area contributed by atoms with Gasteiger partial charge in [0, 0.05) is 22.8 Å². The number of Topliss-reactive ketones (excluding diaryl/α,β-unsaturated/α-hetero) is 1. The Morgan fingerprint density at radius 3 is 2.44 bits per heavy atom. The molecule has 0 amide bonds. The fraction of sp³-hybridized carbons (Fsp3) is 0.273. The van der Waals surface area contributed by atoms with E-state index in [1.165, 1.54) is 17.8 Å². The van der Waals surface area contributed by atoms with Gasteiger partial charge in [0.05, 0.1) is 5.56 Å². The van der Waals surface area contributed by atoms with Crippen LogP contribution in [0.5, 0.6) is 0 Å². The second kappa shape index (κ2) is 5.92. The summed E-state index contributed by atoms with van der Waals surface area (Å²) in [6.07, 6.45) is 2.05. The quantitative estimate of drug-likeness (QED) is 0.501. The van der Waals surface area contributed by atoms with E-state index in [4.69, 9.17) is 16.7 Å². The van der Waals surface area contributed by atoms with Crippen LogP contribution >= 0.6 is 23.4 Å². The van der Waals surface area contributed by atoms with E-state index in [0.29, 0.717) is 5.56 Å². The van der Waals surface area contributed by atoms with Crippen LogP contribution in [0.3, 0.4) is 0 Å². The summed E-state index contributed by atoms with van der Waals surface area (Å²) in [5, 5.41) is 8.89. The minimum Gasteiger partial charge on any atom is -0.478 e. The number of halogens is 1. The minimum atomic E-state index is -1.03. The van der Waals surface area contributed by atoms with Crippen molar-refractivity contribution in [1.82, 2.24) is 0 Å². The lowest BCUT2D eigenvalue weighted by atomic mass is 10.1. The third-order valence-electron chi connectivity index (χ3n) is 2.03. The number of carbonyl (C=O) groups excluding carboxylic acids is 1. The highest BCUT2D eigenvalue weighted by Crippen LogP contribution is 2.20. The molecule has 0 saturated carbocycles. The number of thioether (sulfide) groups is 1. The summed E-state index contributed by atoms with van der Waals surface area (Å²) in [7, 11) is 0.